The van der Waals surface area contributed by atoms with Crippen LogP contribution in [0.25, 0.3) is 11.2 Å². The van der Waals surface area contributed by atoms with E-state index in [-0.39, 0.29) is 0 Å². The van der Waals surface area contributed by atoms with Gasteiger partial charge in [-0.05, 0) is 34.2 Å². The molecule has 0 saturated heterocycles. The summed E-state index contributed by atoms with van der Waals surface area (Å²) in [5.74, 6) is 0. The molecule has 8 heteroatoms. The number of aromatic amines is 1. The molecule has 1 N–H and O–H groups in total. The molecule has 0 atom stereocenters. The number of aromatic nitrogens is 6. The highest BCUT2D eigenvalue weighted by Crippen LogP contribution is 2.16. The minimum atomic E-state index is 0.663. The molecule has 3 rings (SSSR count). The van der Waals surface area contributed by atoms with Crippen molar-refractivity contribution in [3.63, 3.8) is 0 Å². The van der Waals surface area contributed by atoms with Gasteiger partial charge in [-0.3, -0.25) is 9.25 Å². The fourth-order valence-electron chi connectivity index (χ4n) is 1.78. The maximum absolute atomic E-state index is 5.30. The highest BCUT2D eigenvalue weighted by molar-refractivity contribution is 9.10. The fourth-order valence-corrected chi connectivity index (χ4v) is 2.40. The van der Waals surface area contributed by atoms with Gasteiger partial charge in [0.15, 0.2) is 10.4 Å². The predicted octanol–water partition coefficient (Wildman–Crippen LogP) is 2.15. The summed E-state index contributed by atoms with van der Waals surface area (Å²) in [7, 11) is 0. The summed E-state index contributed by atoms with van der Waals surface area (Å²) >= 11 is 8.69. The third-order valence-electron chi connectivity index (χ3n) is 2.60. The molecule has 0 saturated carbocycles. The molecule has 18 heavy (non-hydrogen) atoms. The Morgan fingerprint density at radius 3 is 3.06 bits per heavy atom. The average Bonchev–Trinajstić information content (AvgIpc) is 2.93. The molecule has 0 aromatic carbocycles. The van der Waals surface area contributed by atoms with Crippen LogP contribution in [0.1, 0.15) is 0 Å². The van der Waals surface area contributed by atoms with Gasteiger partial charge in [-0.1, -0.05) is 5.21 Å². The van der Waals surface area contributed by atoms with Gasteiger partial charge in [0.1, 0.15) is 0 Å². The Labute approximate surface area is 116 Å². The first-order valence-electron chi connectivity index (χ1n) is 5.32. The highest BCUT2D eigenvalue weighted by Gasteiger charge is 2.06. The van der Waals surface area contributed by atoms with Crippen molar-refractivity contribution in [1.29, 1.82) is 0 Å². The summed E-state index contributed by atoms with van der Waals surface area (Å²) in [6.07, 6.45) is 5.24. The minimum Gasteiger partial charge on any atom is -0.329 e. The summed E-state index contributed by atoms with van der Waals surface area (Å²) in [6.45, 7) is 1.41. The van der Waals surface area contributed by atoms with Gasteiger partial charge in [-0.25, -0.2) is 4.98 Å². The van der Waals surface area contributed by atoms with E-state index >= 15 is 0 Å². The van der Waals surface area contributed by atoms with E-state index in [2.05, 4.69) is 36.2 Å². The zero-order valence-corrected chi connectivity index (χ0v) is 11.6. The quantitative estimate of drug-likeness (QED) is 0.750. The van der Waals surface area contributed by atoms with Gasteiger partial charge in [0, 0.05) is 23.4 Å². The van der Waals surface area contributed by atoms with Crippen molar-refractivity contribution >= 4 is 39.3 Å². The van der Waals surface area contributed by atoms with E-state index in [4.69, 9.17) is 12.2 Å². The summed E-state index contributed by atoms with van der Waals surface area (Å²) < 4.78 is 5.31. The fraction of sp³-hybridized carbons (Fsp3) is 0.200. The van der Waals surface area contributed by atoms with Crippen LogP contribution >= 0.6 is 28.1 Å². The molecule has 3 heterocycles. The molecule has 3 aromatic heterocycles. The molecular weight excluding hydrogens is 316 g/mol. The lowest BCUT2D eigenvalue weighted by Crippen LogP contribution is -2.08. The van der Waals surface area contributed by atoms with Crippen LogP contribution in [0.3, 0.4) is 0 Å². The third-order valence-corrected chi connectivity index (χ3v) is 3.36. The van der Waals surface area contributed by atoms with Gasteiger partial charge >= 0.3 is 0 Å². The second kappa shape index (κ2) is 4.62. The number of imidazole rings is 1. The summed E-state index contributed by atoms with van der Waals surface area (Å²) in [4.78, 5) is 7.51. The van der Waals surface area contributed by atoms with Crippen LogP contribution in [-0.2, 0) is 13.1 Å². The number of halogens is 1. The molecule has 0 amide bonds. The van der Waals surface area contributed by atoms with Gasteiger partial charge < -0.3 is 4.98 Å². The van der Waals surface area contributed by atoms with Crippen molar-refractivity contribution in [2.75, 3.05) is 0 Å². The van der Waals surface area contributed by atoms with Crippen LogP contribution < -0.4 is 0 Å². The van der Waals surface area contributed by atoms with E-state index in [9.17, 15) is 0 Å². The van der Waals surface area contributed by atoms with E-state index in [1.165, 1.54) is 0 Å². The van der Waals surface area contributed by atoms with E-state index in [0.29, 0.717) is 17.9 Å². The van der Waals surface area contributed by atoms with Crippen LogP contribution in [0.15, 0.2) is 29.1 Å². The Balaban J connectivity index is 1.96. The van der Waals surface area contributed by atoms with Crippen LogP contribution in [-0.4, -0.2) is 29.5 Å². The zero-order chi connectivity index (χ0) is 12.5. The number of hydrogen-bond acceptors (Lipinski definition) is 4. The van der Waals surface area contributed by atoms with E-state index in [0.717, 1.165) is 15.6 Å². The number of H-pyrrole nitrogens is 1. The van der Waals surface area contributed by atoms with Gasteiger partial charge in [0.05, 0.1) is 18.3 Å². The lowest BCUT2D eigenvalue weighted by Gasteiger charge is -2.03. The van der Waals surface area contributed by atoms with E-state index < -0.39 is 0 Å². The smallest absolute Gasteiger partial charge is 0.179 e. The summed E-state index contributed by atoms with van der Waals surface area (Å²) in [6, 6.07) is 1.96. The molecule has 92 valence electrons. The molecule has 0 aliphatic carbocycles. The van der Waals surface area contributed by atoms with Gasteiger partial charge in [0.25, 0.3) is 0 Å². The van der Waals surface area contributed by atoms with E-state index in [1.54, 1.807) is 17.1 Å². The number of nitrogens with one attached hydrogen (secondary N) is 1. The lowest BCUT2D eigenvalue weighted by atomic mass is 10.4. The van der Waals surface area contributed by atoms with E-state index in [1.807, 2.05) is 16.8 Å². The van der Waals surface area contributed by atoms with Crippen molar-refractivity contribution in [2.45, 2.75) is 13.1 Å². The number of pyridine rings is 1. The van der Waals surface area contributed by atoms with Crippen LogP contribution in [0.2, 0.25) is 0 Å². The molecule has 0 radical (unpaired) electrons. The maximum Gasteiger partial charge on any atom is 0.179 e. The number of rotatable bonds is 3. The molecule has 0 aliphatic rings. The van der Waals surface area contributed by atoms with Crippen molar-refractivity contribution in [3.05, 3.63) is 33.9 Å². The Hall–Kier alpha value is -1.54. The van der Waals surface area contributed by atoms with Crippen LogP contribution in [0.4, 0.5) is 0 Å². The number of fused-ring (bicyclic) bond motifs is 1. The SMILES string of the molecule is S=c1[nH]c2cc(Br)cnc2n1CCn1ccnn1. The highest BCUT2D eigenvalue weighted by atomic mass is 79.9. The third kappa shape index (κ3) is 2.08. The number of aryl methyl sites for hydroxylation is 2. The second-order valence-electron chi connectivity index (χ2n) is 3.77. The monoisotopic (exact) mass is 324 g/mol. The number of hydrogen-bond donors (Lipinski definition) is 1. The summed E-state index contributed by atoms with van der Waals surface area (Å²) in [5.41, 5.74) is 1.77. The minimum absolute atomic E-state index is 0.663. The predicted molar refractivity (Wildman–Crippen MR) is 72.6 cm³/mol. The molecule has 0 spiro atoms. The summed E-state index contributed by atoms with van der Waals surface area (Å²) in [5, 5.41) is 7.69. The molecule has 0 aliphatic heterocycles. The first kappa shape index (κ1) is 11.5. The molecule has 0 fully saturated rings. The van der Waals surface area contributed by atoms with Gasteiger partial charge in [-0.2, -0.15) is 0 Å². The largest absolute Gasteiger partial charge is 0.329 e. The molecule has 3 aromatic rings. The Morgan fingerprint density at radius 2 is 2.28 bits per heavy atom. The van der Waals surface area contributed by atoms with Gasteiger partial charge in [-0.15, -0.1) is 5.10 Å². The first-order valence-corrected chi connectivity index (χ1v) is 6.52. The normalized spacial score (nSPS) is 11.2. The lowest BCUT2D eigenvalue weighted by molar-refractivity contribution is 0.521. The Kier molecular flexibility index (Phi) is 2.96. The topological polar surface area (TPSA) is 64.3 Å². The Bertz CT molecular complexity index is 728. The Morgan fingerprint density at radius 1 is 1.39 bits per heavy atom. The van der Waals surface area contributed by atoms with Crippen LogP contribution in [0, 0.1) is 4.77 Å². The average molecular weight is 325 g/mol. The molecule has 0 unspecified atom stereocenters. The first-order chi connectivity index (χ1) is 8.74. The van der Waals surface area contributed by atoms with Crippen molar-refractivity contribution in [2.24, 2.45) is 0 Å². The second-order valence-corrected chi connectivity index (χ2v) is 5.07. The van der Waals surface area contributed by atoms with Crippen molar-refractivity contribution in [1.82, 2.24) is 29.5 Å². The zero-order valence-electron chi connectivity index (χ0n) is 9.25. The molecular formula is C10H9BrN6S. The maximum atomic E-state index is 5.30. The number of nitrogens with zero attached hydrogens (tertiary/aromatic N) is 5. The van der Waals surface area contributed by atoms with Crippen molar-refractivity contribution in [3.8, 4) is 0 Å². The molecule has 0 bridgehead atoms. The van der Waals surface area contributed by atoms with Crippen molar-refractivity contribution < 1.29 is 0 Å². The van der Waals surface area contributed by atoms with Gasteiger partial charge in [0.2, 0.25) is 0 Å². The van der Waals surface area contributed by atoms with Crippen LogP contribution in [0.5, 0.6) is 0 Å². The molecule has 6 nitrogen and oxygen atoms in total. The standard InChI is InChI=1S/C10H9BrN6S/c11-7-5-8-9(12-6-7)17(10(18)14-8)4-3-16-2-1-13-15-16/h1-2,5-6H,3-4H2,(H,14,18).